The summed E-state index contributed by atoms with van der Waals surface area (Å²) >= 11 is 0. The van der Waals surface area contributed by atoms with Crippen LogP contribution < -0.4 is 4.74 Å². The van der Waals surface area contributed by atoms with E-state index >= 15 is 0 Å². The minimum Gasteiger partial charge on any atom is -0.490 e. The maximum absolute atomic E-state index is 6.10. The number of hydrogen-bond acceptors (Lipinski definition) is 2. The average molecular weight is 247 g/mol. The van der Waals surface area contributed by atoms with Crippen molar-refractivity contribution in [3.8, 4) is 5.75 Å². The predicted molar refractivity (Wildman–Crippen MR) is 76.1 cm³/mol. The van der Waals surface area contributed by atoms with Gasteiger partial charge in [-0.25, -0.2) is 0 Å². The van der Waals surface area contributed by atoms with Crippen molar-refractivity contribution in [1.82, 2.24) is 4.90 Å². The van der Waals surface area contributed by atoms with Crippen LogP contribution in [0.2, 0.25) is 0 Å². The van der Waals surface area contributed by atoms with Crippen LogP contribution in [0.5, 0.6) is 5.75 Å². The summed E-state index contributed by atoms with van der Waals surface area (Å²) in [6, 6.07) is 6.51. The molecule has 0 N–H and O–H groups in total. The van der Waals surface area contributed by atoms with Crippen molar-refractivity contribution in [2.45, 2.75) is 52.7 Å². The lowest BCUT2D eigenvalue weighted by Crippen LogP contribution is -2.30. The van der Waals surface area contributed by atoms with E-state index in [-0.39, 0.29) is 0 Å². The lowest BCUT2D eigenvalue weighted by Gasteiger charge is -2.29. The number of benzene rings is 1. The second kappa shape index (κ2) is 6.24. The Labute approximate surface area is 111 Å². The van der Waals surface area contributed by atoms with Gasteiger partial charge >= 0.3 is 0 Å². The third kappa shape index (κ3) is 3.05. The summed E-state index contributed by atoms with van der Waals surface area (Å²) in [4.78, 5) is 2.49. The molecule has 2 nitrogen and oxygen atoms in total. The van der Waals surface area contributed by atoms with Gasteiger partial charge in [0.2, 0.25) is 0 Å². The molecule has 0 radical (unpaired) electrons. The van der Waals surface area contributed by atoms with Gasteiger partial charge < -0.3 is 4.74 Å². The third-order valence-corrected chi connectivity index (χ3v) is 3.77. The molecule has 1 unspecified atom stereocenters. The van der Waals surface area contributed by atoms with Crippen molar-refractivity contribution < 1.29 is 4.74 Å². The largest absolute Gasteiger partial charge is 0.490 e. The Balaban J connectivity index is 2.13. The molecule has 0 spiro atoms. The lowest BCUT2D eigenvalue weighted by atomic mass is 9.98. The molecular formula is C16H25NO. The molecule has 0 bridgehead atoms. The monoisotopic (exact) mass is 247 g/mol. The highest BCUT2D eigenvalue weighted by atomic mass is 16.5. The lowest BCUT2D eigenvalue weighted by molar-refractivity contribution is 0.202. The Morgan fingerprint density at radius 1 is 1.33 bits per heavy atom. The average Bonchev–Trinajstić information content (AvgIpc) is 2.38. The first kappa shape index (κ1) is 13.4. The Morgan fingerprint density at radius 3 is 2.89 bits per heavy atom. The van der Waals surface area contributed by atoms with Gasteiger partial charge in [0.15, 0.2) is 0 Å². The first-order valence-corrected chi connectivity index (χ1v) is 7.24. The van der Waals surface area contributed by atoms with Gasteiger partial charge in [0.05, 0.1) is 6.10 Å². The van der Waals surface area contributed by atoms with Gasteiger partial charge in [0, 0.05) is 13.1 Å². The molecule has 100 valence electrons. The summed E-state index contributed by atoms with van der Waals surface area (Å²) in [6.07, 6.45) is 3.76. The van der Waals surface area contributed by atoms with Crippen LogP contribution in [0.1, 0.15) is 44.7 Å². The minimum absolute atomic E-state index is 0.325. The van der Waals surface area contributed by atoms with Crippen LogP contribution in [0.25, 0.3) is 0 Å². The van der Waals surface area contributed by atoms with E-state index in [2.05, 4.69) is 43.9 Å². The zero-order valence-electron chi connectivity index (χ0n) is 11.9. The summed E-state index contributed by atoms with van der Waals surface area (Å²) in [7, 11) is 0. The Kier molecular flexibility index (Phi) is 4.65. The normalized spacial score (nSPS) is 17.3. The zero-order chi connectivity index (χ0) is 13.0. The molecule has 1 aliphatic heterocycles. The molecular weight excluding hydrogens is 222 g/mol. The molecule has 0 fully saturated rings. The molecule has 18 heavy (non-hydrogen) atoms. The van der Waals surface area contributed by atoms with Crippen molar-refractivity contribution in [2.75, 3.05) is 13.1 Å². The fraction of sp³-hybridized carbons (Fsp3) is 0.625. The number of hydrogen-bond donors (Lipinski definition) is 0. The van der Waals surface area contributed by atoms with E-state index in [1.165, 1.54) is 17.5 Å². The van der Waals surface area contributed by atoms with Crippen LogP contribution in [0, 0.1) is 0 Å². The van der Waals surface area contributed by atoms with Gasteiger partial charge in [-0.3, -0.25) is 4.90 Å². The summed E-state index contributed by atoms with van der Waals surface area (Å²) in [5.41, 5.74) is 2.88. The van der Waals surface area contributed by atoms with Crippen molar-refractivity contribution in [1.29, 1.82) is 0 Å². The van der Waals surface area contributed by atoms with Crippen LogP contribution in [-0.4, -0.2) is 24.1 Å². The fourth-order valence-corrected chi connectivity index (χ4v) is 2.70. The SMILES string of the molecule is CCCC(C)Oc1cccc2c1CCN(CC)C2. The molecule has 0 saturated heterocycles. The first-order chi connectivity index (χ1) is 8.74. The first-order valence-electron chi connectivity index (χ1n) is 7.24. The summed E-state index contributed by atoms with van der Waals surface area (Å²) in [5.74, 6) is 1.12. The molecule has 0 aromatic heterocycles. The molecule has 2 rings (SSSR count). The smallest absolute Gasteiger partial charge is 0.123 e. The molecule has 1 aliphatic rings. The van der Waals surface area contributed by atoms with Gasteiger partial charge in [-0.15, -0.1) is 0 Å². The number of ether oxygens (including phenoxy) is 1. The highest BCUT2D eigenvalue weighted by Crippen LogP contribution is 2.29. The minimum atomic E-state index is 0.325. The molecule has 0 amide bonds. The second-order valence-electron chi connectivity index (χ2n) is 5.23. The molecule has 0 aliphatic carbocycles. The fourth-order valence-electron chi connectivity index (χ4n) is 2.70. The van der Waals surface area contributed by atoms with Crippen LogP contribution >= 0.6 is 0 Å². The van der Waals surface area contributed by atoms with Crippen molar-refractivity contribution in [2.24, 2.45) is 0 Å². The number of rotatable bonds is 5. The molecule has 0 saturated carbocycles. The number of fused-ring (bicyclic) bond motifs is 1. The standard InChI is InChI=1S/C16H25NO/c1-4-7-13(3)18-16-9-6-8-14-12-17(5-2)11-10-15(14)16/h6,8-9,13H,4-5,7,10-12H2,1-3H3. The Morgan fingerprint density at radius 2 is 2.17 bits per heavy atom. The van der Waals surface area contributed by atoms with E-state index < -0.39 is 0 Å². The van der Waals surface area contributed by atoms with Gasteiger partial charge in [0.1, 0.15) is 5.75 Å². The highest BCUT2D eigenvalue weighted by Gasteiger charge is 2.18. The van der Waals surface area contributed by atoms with Crippen LogP contribution in [0.4, 0.5) is 0 Å². The predicted octanol–water partition coefficient (Wildman–Crippen LogP) is 3.63. The second-order valence-corrected chi connectivity index (χ2v) is 5.23. The van der Waals surface area contributed by atoms with Crippen molar-refractivity contribution >= 4 is 0 Å². The van der Waals surface area contributed by atoms with E-state index in [4.69, 9.17) is 4.74 Å². The summed E-state index contributed by atoms with van der Waals surface area (Å²) < 4.78 is 6.10. The summed E-state index contributed by atoms with van der Waals surface area (Å²) in [6.45, 7) is 9.98. The van der Waals surface area contributed by atoms with E-state index in [0.717, 1.165) is 38.2 Å². The van der Waals surface area contributed by atoms with Gasteiger partial charge in [-0.1, -0.05) is 32.4 Å². The van der Waals surface area contributed by atoms with E-state index in [9.17, 15) is 0 Å². The Bertz CT molecular complexity index is 389. The quantitative estimate of drug-likeness (QED) is 0.787. The van der Waals surface area contributed by atoms with Crippen molar-refractivity contribution in [3.05, 3.63) is 29.3 Å². The zero-order valence-corrected chi connectivity index (χ0v) is 11.9. The highest BCUT2D eigenvalue weighted by molar-refractivity contribution is 5.41. The van der Waals surface area contributed by atoms with Crippen molar-refractivity contribution in [3.63, 3.8) is 0 Å². The molecule has 1 aromatic rings. The van der Waals surface area contributed by atoms with Crippen LogP contribution in [0.15, 0.2) is 18.2 Å². The molecule has 1 aromatic carbocycles. The van der Waals surface area contributed by atoms with E-state index in [1.54, 1.807) is 0 Å². The van der Waals surface area contributed by atoms with Crippen LogP contribution in [0.3, 0.4) is 0 Å². The van der Waals surface area contributed by atoms with E-state index in [0.29, 0.717) is 6.10 Å². The van der Waals surface area contributed by atoms with Gasteiger partial charge in [-0.05, 0) is 43.5 Å². The molecule has 1 atom stereocenters. The van der Waals surface area contributed by atoms with Gasteiger partial charge in [0.25, 0.3) is 0 Å². The van der Waals surface area contributed by atoms with Crippen LogP contribution in [-0.2, 0) is 13.0 Å². The molecule has 1 heterocycles. The molecule has 2 heteroatoms. The Hall–Kier alpha value is -1.02. The maximum Gasteiger partial charge on any atom is 0.123 e. The number of nitrogens with zero attached hydrogens (tertiary/aromatic N) is 1. The maximum atomic E-state index is 6.10. The number of likely N-dealkylation sites (N-methyl/N-ethyl adjacent to an activating group) is 1. The summed E-state index contributed by atoms with van der Waals surface area (Å²) in [5, 5.41) is 0. The topological polar surface area (TPSA) is 12.5 Å². The van der Waals surface area contributed by atoms with Gasteiger partial charge in [-0.2, -0.15) is 0 Å². The van der Waals surface area contributed by atoms with E-state index in [1.807, 2.05) is 0 Å². The third-order valence-electron chi connectivity index (χ3n) is 3.77.